The molecule has 16 rings (SSSR count). The zero-order chi connectivity index (χ0) is 53.4. The number of hydrogen-bond donors (Lipinski definition) is 0. The lowest BCUT2D eigenvalue weighted by atomic mass is 9.96. The van der Waals surface area contributed by atoms with Crippen LogP contribution >= 0.6 is 0 Å². The van der Waals surface area contributed by atoms with E-state index in [0.717, 1.165) is 150 Å². The summed E-state index contributed by atoms with van der Waals surface area (Å²) >= 11 is 0. The quantitative estimate of drug-likeness (QED) is 0.139. The molecule has 12 aromatic heterocycles. The Kier molecular flexibility index (Phi) is 10.6. The van der Waals surface area contributed by atoms with Crippen LogP contribution in [0.3, 0.4) is 0 Å². The zero-order valence-corrected chi connectivity index (χ0v) is 43.1. The fourth-order valence-corrected chi connectivity index (χ4v) is 11.6. The van der Waals surface area contributed by atoms with E-state index in [1.165, 1.54) is 0 Å². The number of para-hydroxylation sites is 3. The van der Waals surface area contributed by atoms with Crippen LogP contribution < -0.4 is 0 Å². The summed E-state index contributed by atoms with van der Waals surface area (Å²) < 4.78 is 6.61. The summed E-state index contributed by atoms with van der Waals surface area (Å²) in [7, 11) is 0. The van der Waals surface area contributed by atoms with E-state index in [1.54, 1.807) is 0 Å². The number of rotatable bonds is 9. The molecule has 0 fully saturated rings. The third-order valence-electron chi connectivity index (χ3n) is 15.3. The van der Waals surface area contributed by atoms with Gasteiger partial charge in [-0.05, 0) is 127 Å². The predicted molar refractivity (Wildman–Crippen MR) is 322 cm³/mol. The van der Waals surface area contributed by atoms with Crippen molar-refractivity contribution < 1.29 is 0 Å². The molecule has 0 unspecified atom stereocenters. The molecule has 0 aliphatic carbocycles. The highest BCUT2D eigenvalue weighted by Crippen LogP contribution is 2.41. The Bertz CT molecular complexity index is 4440. The van der Waals surface area contributed by atoms with E-state index in [4.69, 9.17) is 29.9 Å². The van der Waals surface area contributed by atoms with Crippen LogP contribution in [0.4, 0.5) is 0 Å². The van der Waals surface area contributed by atoms with Gasteiger partial charge in [-0.2, -0.15) is 0 Å². The third kappa shape index (κ3) is 7.72. The molecule has 0 atom stereocenters. The van der Waals surface area contributed by atoms with Gasteiger partial charge in [-0.15, -0.1) is 0 Å². The SMILES string of the molecule is c1ccc(-c2cc(-c3cc(-c4cc(-c5ccccn5)cc(-n5c6ccccc6c6ccncc65)n4)cc(-c4cc(-c5ccccn5)cc(-n5c6ccccc6c6ccncc65)n4)c3)nc(-n3c4ccccc4c4ccncc43)c2)nc1. The lowest BCUT2D eigenvalue weighted by Crippen LogP contribution is -2.03. The van der Waals surface area contributed by atoms with Crippen molar-refractivity contribution in [2.24, 2.45) is 0 Å². The Morgan fingerprint density at radius 3 is 0.815 bits per heavy atom. The fraction of sp³-hybridized carbons (Fsp3) is 0. The molecule has 12 heteroatoms. The fourth-order valence-electron chi connectivity index (χ4n) is 11.6. The lowest BCUT2D eigenvalue weighted by Gasteiger charge is -2.17. The third-order valence-corrected chi connectivity index (χ3v) is 15.3. The van der Waals surface area contributed by atoms with Crippen LogP contribution in [0.2, 0.25) is 0 Å². The summed E-state index contributed by atoms with van der Waals surface area (Å²) in [6.45, 7) is 0. The number of aromatic nitrogens is 12. The molecule has 0 aliphatic rings. The van der Waals surface area contributed by atoms with Crippen LogP contribution in [0.1, 0.15) is 0 Å². The number of nitrogens with zero attached hydrogens (tertiary/aromatic N) is 12. The summed E-state index contributed by atoms with van der Waals surface area (Å²) in [6, 6.07) is 68.8. The van der Waals surface area contributed by atoms with Crippen LogP contribution in [0.25, 0.3) is 150 Å². The van der Waals surface area contributed by atoms with Crippen LogP contribution in [0.5, 0.6) is 0 Å². The van der Waals surface area contributed by atoms with E-state index >= 15 is 0 Å². The predicted octanol–water partition coefficient (Wildman–Crippen LogP) is 15.5. The summed E-state index contributed by atoms with van der Waals surface area (Å²) in [5, 5.41) is 6.56. The topological polar surface area (TPSA) is 131 Å². The molecular formula is C69H42N12. The normalized spacial score (nSPS) is 11.7. The first-order valence-corrected chi connectivity index (χ1v) is 26.6. The van der Waals surface area contributed by atoms with Gasteiger partial charge in [0.15, 0.2) is 0 Å². The van der Waals surface area contributed by atoms with Crippen LogP contribution in [-0.2, 0) is 0 Å². The second-order valence-electron chi connectivity index (χ2n) is 20.0. The van der Waals surface area contributed by atoms with Crippen molar-refractivity contribution in [3.05, 3.63) is 256 Å². The van der Waals surface area contributed by atoms with E-state index in [2.05, 4.69) is 174 Å². The van der Waals surface area contributed by atoms with Crippen LogP contribution in [-0.4, -0.2) is 58.6 Å². The van der Waals surface area contributed by atoms with Gasteiger partial charge in [0.05, 0.1) is 85.9 Å². The Labute approximate surface area is 462 Å². The molecule has 4 aromatic carbocycles. The molecule has 0 saturated carbocycles. The molecule has 0 bridgehead atoms. The van der Waals surface area contributed by atoms with Gasteiger partial charge in [-0.25, -0.2) is 15.0 Å². The van der Waals surface area contributed by atoms with Gasteiger partial charge < -0.3 is 0 Å². The Morgan fingerprint density at radius 1 is 0.222 bits per heavy atom. The van der Waals surface area contributed by atoms with Crippen molar-refractivity contribution >= 4 is 65.4 Å². The molecule has 16 aromatic rings. The van der Waals surface area contributed by atoms with E-state index < -0.39 is 0 Å². The van der Waals surface area contributed by atoms with Crippen molar-refractivity contribution in [1.82, 2.24) is 58.6 Å². The molecule has 12 heterocycles. The summed E-state index contributed by atoms with van der Waals surface area (Å²) in [5.74, 6) is 2.15. The standard InChI is InChI=1S/C69H42N12/c1-4-19-61-49(13-1)52-22-28-70-40-64(52)79(61)67-37-46(55-16-7-10-25-73-55)34-58(76-67)43-31-44(59-35-47(56-17-8-11-26-74-56)38-68(77-59)80-62-20-5-2-14-50(62)53-23-29-71-41-65(53)80)33-45(32-43)60-36-48(57-18-9-12-27-75-57)39-69(78-60)81-63-21-6-3-15-51(63)54-24-30-72-42-66(54)81/h1-42H. The summed E-state index contributed by atoms with van der Waals surface area (Å²) in [6.07, 6.45) is 16.8. The Hall–Kier alpha value is -11.4. The number of fused-ring (bicyclic) bond motifs is 9. The van der Waals surface area contributed by atoms with Crippen molar-refractivity contribution in [3.8, 4) is 85.0 Å². The van der Waals surface area contributed by atoms with Gasteiger partial charge >= 0.3 is 0 Å². The van der Waals surface area contributed by atoms with Crippen molar-refractivity contribution in [3.63, 3.8) is 0 Å². The van der Waals surface area contributed by atoms with Crippen molar-refractivity contribution in [2.45, 2.75) is 0 Å². The van der Waals surface area contributed by atoms with Gasteiger partial charge in [0.1, 0.15) is 17.5 Å². The first-order chi connectivity index (χ1) is 40.1. The van der Waals surface area contributed by atoms with Gasteiger partial charge in [0.2, 0.25) is 0 Å². The Morgan fingerprint density at radius 2 is 0.506 bits per heavy atom. The smallest absolute Gasteiger partial charge is 0.139 e. The summed E-state index contributed by atoms with van der Waals surface area (Å²) in [5.41, 5.74) is 15.6. The van der Waals surface area contributed by atoms with Crippen LogP contribution in [0.15, 0.2) is 256 Å². The monoisotopic (exact) mass is 1040 g/mol. The van der Waals surface area contributed by atoms with Gasteiger partial charge in [-0.1, -0.05) is 72.8 Å². The molecule has 0 amide bonds. The molecule has 378 valence electrons. The molecule has 0 aliphatic heterocycles. The minimum absolute atomic E-state index is 0.717. The van der Waals surface area contributed by atoms with Crippen LogP contribution in [0, 0.1) is 0 Å². The number of benzene rings is 4. The molecule has 12 nitrogen and oxygen atoms in total. The first kappa shape index (κ1) is 45.8. The lowest BCUT2D eigenvalue weighted by molar-refractivity contribution is 1.07. The highest BCUT2D eigenvalue weighted by Gasteiger charge is 2.22. The first-order valence-electron chi connectivity index (χ1n) is 26.6. The molecule has 0 spiro atoms. The van der Waals surface area contributed by atoms with E-state index in [0.29, 0.717) is 0 Å². The second kappa shape index (κ2) is 18.7. The Balaban J connectivity index is 0.999. The maximum Gasteiger partial charge on any atom is 0.139 e. The van der Waals surface area contributed by atoms with E-state index in [9.17, 15) is 0 Å². The molecule has 0 saturated heterocycles. The van der Waals surface area contributed by atoms with Crippen molar-refractivity contribution in [1.29, 1.82) is 0 Å². The largest absolute Gasteiger partial charge is 0.292 e. The average Bonchev–Trinajstić information content (AvgIpc) is 4.40. The second-order valence-corrected chi connectivity index (χ2v) is 20.0. The van der Waals surface area contributed by atoms with E-state index in [1.807, 2.05) is 110 Å². The molecule has 0 N–H and O–H groups in total. The molecule has 81 heavy (non-hydrogen) atoms. The highest BCUT2D eigenvalue weighted by atomic mass is 15.1. The highest BCUT2D eigenvalue weighted by molar-refractivity contribution is 6.11. The van der Waals surface area contributed by atoms with Gasteiger partial charge in [0, 0.05) is 103 Å². The van der Waals surface area contributed by atoms with Crippen molar-refractivity contribution in [2.75, 3.05) is 0 Å². The van der Waals surface area contributed by atoms with Gasteiger partial charge in [-0.3, -0.25) is 43.6 Å². The van der Waals surface area contributed by atoms with E-state index in [-0.39, 0.29) is 0 Å². The summed E-state index contributed by atoms with van der Waals surface area (Å²) in [4.78, 5) is 45.5. The minimum atomic E-state index is 0.717. The maximum atomic E-state index is 5.65. The average molecular weight is 1040 g/mol. The number of hydrogen-bond acceptors (Lipinski definition) is 9. The minimum Gasteiger partial charge on any atom is -0.292 e. The number of pyridine rings is 9. The molecular weight excluding hydrogens is 997 g/mol. The maximum absolute atomic E-state index is 5.65. The molecule has 0 radical (unpaired) electrons. The zero-order valence-electron chi connectivity index (χ0n) is 43.1. The van der Waals surface area contributed by atoms with Gasteiger partial charge in [0.25, 0.3) is 0 Å².